The number of ether oxygens (including phenoxy) is 3. The second-order valence-electron chi connectivity index (χ2n) is 6.22. The van der Waals surface area contributed by atoms with Gasteiger partial charge in [0, 0.05) is 19.6 Å². The van der Waals surface area contributed by atoms with E-state index < -0.39 is 6.10 Å². The lowest BCUT2D eigenvalue weighted by Crippen LogP contribution is -2.34. The summed E-state index contributed by atoms with van der Waals surface area (Å²) in [6.45, 7) is 2.24. The zero-order valence-electron chi connectivity index (χ0n) is 15.9. The van der Waals surface area contributed by atoms with Crippen molar-refractivity contribution in [3.05, 3.63) is 59.7 Å². The molecule has 1 atom stereocenters. The first-order valence-electron chi connectivity index (χ1n) is 8.82. The fraction of sp³-hybridized carbons (Fsp3) is 0.364. The van der Waals surface area contributed by atoms with Gasteiger partial charge < -0.3 is 19.3 Å². The molecule has 0 unspecified atom stereocenters. The van der Waals surface area contributed by atoms with Crippen LogP contribution in [0.4, 0.5) is 0 Å². The topological polar surface area (TPSA) is 51.2 Å². The Morgan fingerprint density at radius 1 is 1.00 bits per heavy atom. The van der Waals surface area contributed by atoms with E-state index in [2.05, 4.69) is 23.0 Å². The van der Waals surface area contributed by atoms with Crippen molar-refractivity contribution in [1.29, 1.82) is 0 Å². The predicted octanol–water partition coefficient (Wildman–Crippen LogP) is 2.72. The number of methoxy groups -OCH3 is 2. The molecule has 0 saturated carbocycles. The van der Waals surface area contributed by atoms with Gasteiger partial charge in [0.05, 0.1) is 26.9 Å². The van der Waals surface area contributed by atoms with E-state index in [0.29, 0.717) is 31.1 Å². The third-order valence-electron chi connectivity index (χ3n) is 4.07. The Labute approximate surface area is 161 Å². The van der Waals surface area contributed by atoms with Crippen LogP contribution in [0.1, 0.15) is 11.1 Å². The highest BCUT2D eigenvalue weighted by atomic mass is 16.5. The minimum Gasteiger partial charge on any atom is -0.493 e. The summed E-state index contributed by atoms with van der Waals surface area (Å²) < 4.78 is 16.0. The third-order valence-corrected chi connectivity index (χ3v) is 4.07. The fourth-order valence-electron chi connectivity index (χ4n) is 2.87. The first-order valence-corrected chi connectivity index (χ1v) is 8.82. The van der Waals surface area contributed by atoms with E-state index in [9.17, 15) is 5.11 Å². The van der Waals surface area contributed by atoms with Gasteiger partial charge in [-0.05, 0) is 23.3 Å². The van der Waals surface area contributed by atoms with Crippen LogP contribution in [-0.2, 0) is 17.8 Å². The number of terminal acetylenes is 1. The smallest absolute Gasteiger partial charge is 0.161 e. The van der Waals surface area contributed by atoms with Gasteiger partial charge in [0.2, 0.25) is 0 Å². The number of nitrogens with zero attached hydrogens (tertiary/aromatic N) is 1. The van der Waals surface area contributed by atoms with Crippen LogP contribution in [0.25, 0.3) is 0 Å². The molecule has 2 rings (SSSR count). The van der Waals surface area contributed by atoms with Crippen molar-refractivity contribution in [2.24, 2.45) is 0 Å². The summed E-state index contributed by atoms with van der Waals surface area (Å²) in [6, 6.07) is 16.0. The molecule has 2 aromatic rings. The van der Waals surface area contributed by atoms with Crippen LogP contribution in [0.15, 0.2) is 48.5 Å². The lowest BCUT2D eigenvalue weighted by molar-refractivity contribution is 0.0243. The van der Waals surface area contributed by atoms with Gasteiger partial charge in [-0.15, -0.1) is 6.42 Å². The number of aliphatic hydroxyl groups is 1. The molecule has 0 fully saturated rings. The van der Waals surface area contributed by atoms with Gasteiger partial charge in [0.15, 0.2) is 11.5 Å². The Bertz CT molecular complexity index is 727. The molecule has 144 valence electrons. The Hall–Kier alpha value is -2.52. The van der Waals surface area contributed by atoms with Crippen molar-refractivity contribution in [3.8, 4) is 23.8 Å². The van der Waals surface area contributed by atoms with E-state index >= 15 is 0 Å². The van der Waals surface area contributed by atoms with E-state index in [-0.39, 0.29) is 13.2 Å². The number of rotatable bonds is 11. The van der Waals surface area contributed by atoms with Crippen molar-refractivity contribution < 1.29 is 19.3 Å². The van der Waals surface area contributed by atoms with Crippen molar-refractivity contribution in [2.45, 2.75) is 19.2 Å². The average Bonchev–Trinajstić information content (AvgIpc) is 2.68. The molecule has 5 nitrogen and oxygen atoms in total. The lowest BCUT2D eigenvalue weighted by atomic mass is 10.1. The zero-order chi connectivity index (χ0) is 19.5. The van der Waals surface area contributed by atoms with Crippen LogP contribution < -0.4 is 9.47 Å². The van der Waals surface area contributed by atoms with Crippen LogP contribution in [-0.4, -0.2) is 50.1 Å². The molecule has 2 aromatic carbocycles. The molecular weight excluding hydrogens is 342 g/mol. The van der Waals surface area contributed by atoms with Crippen LogP contribution >= 0.6 is 0 Å². The molecule has 27 heavy (non-hydrogen) atoms. The monoisotopic (exact) mass is 369 g/mol. The number of benzene rings is 2. The molecule has 5 heteroatoms. The van der Waals surface area contributed by atoms with Crippen LogP contribution in [0.5, 0.6) is 11.5 Å². The van der Waals surface area contributed by atoms with E-state index in [1.807, 2.05) is 36.4 Å². The quantitative estimate of drug-likeness (QED) is 0.488. The minimum absolute atomic E-state index is 0.200. The molecule has 0 amide bonds. The van der Waals surface area contributed by atoms with Crippen LogP contribution in [0, 0.1) is 12.3 Å². The summed E-state index contributed by atoms with van der Waals surface area (Å²) >= 11 is 0. The Morgan fingerprint density at radius 2 is 1.70 bits per heavy atom. The fourth-order valence-corrected chi connectivity index (χ4v) is 2.87. The van der Waals surface area contributed by atoms with Gasteiger partial charge in [-0.25, -0.2) is 0 Å². The Balaban J connectivity index is 2.10. The maximum absolute atomic E-state index is 10.3. The molecule has 0 bridgehead atoms. The molecule has 0 radical (unpaired) electrons. The first kappa shape index (κ1) is 20.8. The Kier molecular flexibility index (Phi) is 8.66. The zero-order valence-corrected chi connectivity index (χ0v) is 15.9. The maximum Gasteiger partial charge on any atom is 0.161 e. The van der Waals surface area contributed by atoms with Gasteiger partial charge in [-0.2, -0.15) is 0 Å². The molecule has 1 N–H and O–H groups in total. The summed E-state index contributed by atoms with van der Waals surface area (Å²) in [7, 11) is 3.24. The second-order valence-corrected chi connectivity index (χ2v) is 6.22. The van der Waals surface area contributed by atoms with Gasteiger partial charge >= 0.3 is 0 Å². The summed E-state index contributed by atoms with van der Waals surface area (Å²) in [4.78, 5) is 2.17. The lowest BCUT2D eigenvalue weighted by Gasteiger charge is -2.25. The molecular formula is C22H27NO4. The van der Waals surface area contributed by atoms with Crippen molar-refractivity contribution in [1.82, 2.24) is 4.90 Å². The van der Waals surface area contributed by atoms with E-state index in [1.54, 1.807) is 14.2 Å². The summed E-state index contributed by atoms with van der Waals surface area (Å²) in [5, 5.41) is 10.3. The molecule has 0 aliphatic carbocycles. The Morgan fingerprint density at radius 3 is 2.37 bits per heavy atom. The molecule has 0 aromatic heterocycles. The van der Waals surface area contributed by atoms with Gasteiger partial charge in [0.25, 0.3) is 0 Å². The van der Waals surface area contributed by atoms with Gasteiger partial charge in [-0.1, -0.05) is 42.3 Å². The average molecular weight is 369 g/mol. The third kappa shape index (κ3) is 6.95. The van der Waals surface area contributed by atoms with Crippen LogP contribution in [0.3, 0.4) is 0 Å². The number of aliphatic hydroxyl groups excluding tert-OH is 1. The van der Waals surface area contributed by atoms with E-state index in [1.165, 1.54) is 5.56 Å². The largest absolute Gasteiger partial charge is 0.493 e. The van der Waals surface area contributed by atoms with E-state index in [4.69, 9.17) is 20.6 Å². The highest BCUT2D eigenvalue weighted by Crippen LogP contribution is 2.28. The highest BCUT2D eigenvalue weighted by Gasteiger charge is 2.14. The summed E-state index contributed by atoms with van der Waals surface area (Å²) in [5.41, 5.74) is 2.25. The van der Waals surface area contributed by atoms with Gasteiger partial charge in [-0.3, -0.25) is 4.90 Å². The minimum atomic E-state index is -0.623. The molecule has 0 heterocycles. The number of hydrogen-bond acceptors (Lipinski definition) is 5. The van der Waals surface area contributed by atoms with Crippen molar-refractivity contribution in [2.75, 3.05) is 34.0 Å². The van der Waals surface area contributed by atoms with E-state index in [0.717, 1.165) is 5.56 Å². The number of hydrogen-bond donors (Lipinski definition) is 1. The molecule has 0 aliphatic heterocycles. The first-order chi connectivity index (χ1) is 13.2. The van der Waals surface area contributed by atoms with Crippen molar-refractivity contribution >= 4 is 0 Å². The van der Waals surface area contributed by atoms with Gasteiger partial charge in [0.1, 0.15) is 6.61 Å². The SMILES string of the molecule is C#CCOC[C@@H](O)CN(Cc1ccccc1)Cc1ccc(OC)c(OC)c1. The standard InChI is InChI=1S/C22H27NO4/c1-4-12-27-17-20(24)16-23(14-18-8-6-5-7-9-18)15-19-10-11-21(25-2)22(13-19)26-3/h1,5-11,13,20,24H,12,14-17H2,2-3H3/t20-/m0/s1. The van der Waals surface area contributed by atoms with Crippen molar-refractivity contribution in [3.63, 3.8) is 0 Å². The predicted molar refractivity (Wildman–Crippen MR) is 106 cm³/mol. The molecule has 0 spiro atoms. The summed E-state index contributed by atoms with van der Waals surface area (Å²) in [6.07, 6.45) is 4.56. The highest BCUT2D eigenvalue weighted by molar-refractivity contribution is 5.42. The maximum atomic E-state index is 10.3. The second kappa shape index (κ2) is 11.2. The normalized spacial score (nSPS) is 11.8. The molecule has 0 aliphatic rings. The summed E-state index contributed by atoms with van der Waals surface area (Å²) in [5.74, 6) is 3.79. The molecule has 0 saturated heterocycles. The van der Waals surface area contributed by atoms with Crippen LogP contribution in [0.2, 0.25) is 0 Å².